The third-order valence-corrected chi connectivity index (χ3v) is 4.96. The van der Waals surface area contributed by atoms with Crippen LogP contribution in [0.25, 0.3) is 0 Å². The molecule has 1 atom stereocenters. The normalized spacial score (nSPS) is 18.2. The van der Waals surface area contributed by atoms with E-state index in [0.29, 0.717) is 6.54 Å². The van der Waals surface area contributed by atoms with Crippen LogP contribution in [0, 0.1) is 5.92 Å². The Kier molecular flexibility index (Phi) is 4.22. The largest absolute Gasteiger partial charge is 0.333 e. The van der Waals surface area contributed by atoms with Gasteiger partial charge in [-0.25, -0.2) is 14.6 Å². The van der Waals surface area contributed by atoms with E-state index in [1.807, 2.05) is 24.0 Å². The van der Waals surface area contributed by atoms with Crippen LogP contribution in [-0.4, -0.2) is 35.8 Å². The predicted octanol–water partition coefficient (Wildman–Crippen LogP) is 1.23. The van der Waals surface area contributed by atoms with Crippen molar-refractivity contribution in [2.45, 2.75) is 26.2 Å². The number of hydrogen-bond acceptors (Lipinski definition) is 6. The summed E-state index contributed by atoms with van der Waals surface area (Å²) in [5.74, 6) is 1.34. The van der Waals surface area contributed by atoms with E-state index in [9.17, 15) is 4.79 Å². The summed E-state index contributed by atoms with van der Waals surface area (Å²) in [5, 5.41) is 7.30. The molecule has 0 aliphatic carbocycles. The molecule has 3 aromatic rings. The van der Waals surface area contributed by atoms with Gasteiger partial charge in [0.05, 0.1) is 19.6 Å². The third kappa shape index (κ3) is 3.29. The van der Waals surface area contributed by atoms with Gasteiger partial charge in [0.2, 0.25) is 0 Å². The lowest BCUT2D eigenvalue weighted by atomic mass is 10.1. The molecule has 1 aliphatic heterocycles. The molecule has 0 radical (unpaired) electrons. The van der Waals surface area contributed by atoms with Crippen LogP contribution >= 0.6 is 11.3 Å². The molecule has 1 aliphatic rings. The minimum absolute atomic E-state index is 0.0564. The molecule has 4 rings (SSSR count). The Morgan fingerprint density at radius 1 is 1.21 bits per heavy atom. The summed E-state index contributed by atoms with van der Waals surface area (Å²) in [6, 6.07) is 3.23. The zero-order chi connectivity index (χ0) is 16.4. The summed E-state index contributed by atoms with van der Waals surface area (Å²) in [7, 11) is 0. The second kappa shape index (κ2) is 6.66. The van der Waals surface area contributed by atoms with Gasteiger partial charge in [-0.3, -0.25) is 9.69 Å². The lowest BCUT2D eigenvalue weighted by Gasteiger charge is -2.23. The fraction of sp³-hybridized carbons (Fsp3) is 0.375. The predicted molar refractivity (Wildman–Crippen MR) is 90.4 cm³/mol. The van der Waals surface area contributed by atoms with Crippen LogP contribution in [0.5, 0.6) is 0 Å². The summed E-state index contributed by atoms with van der Waals surface area (Å²) in [5.41, 5.74) is -0.0564. The fourth-order valence-electron chi connectivity index (χ4n) is 3.15. The number of imidazole rings is 1. The average Bonchev–Trinajstić information content (AvgIpc) is 3.19. The molecule has 3 aromatic heterocycles. The van der Waals surface area contributed by atoms with Crippen molar-refractivity contribution in [2.75, 3.05) is 6.54 Å². The van der Waals surface area contributed by atoms with Crippen LogP contribution in [0.2, 0.25) is 0 Å². The Morgan fingerprint density at radius 2 is 2.17 bits per heavy atom. The Labute approximate surface area is 143 Å². The number of rotatable bonds is 4. The van der Waals surface area contributed by atoms with Crippen LogP contribution in [0.4, 0.5) is 0 Å². The Bertz CT molecular complexity index is 855. The average molecular weight is 342 g/mol. The van der Waals surface area contributed by atoms with Crippen molar-refractivity contribution in [3.63, 3.8) is 0 Å². The Morgan fingerprint density at radius 3 is 3.00 bits per heavy atom. The molecule has 8 heteroatoms. The summed E-state index contributed by atoms with van der Waals surface area (Å²) in [6.45, 7) is 3.92. The lowest BCUT2D eigenvalue weighted by molar-refractivity contribution is 0.203. The van der Waals surface area contributed by atoms with Crippen LogP contribution in [0.1, 0.15) is 10.8 Å². The first-order chi connectivity index (χ1) is 11.8. The van der Waals surface area contributed by atoms with E-state index in [0.717, 1.165) is 37.0 Å². The van der Waals surface area contributed by atoms with Crippen molar-refractivity contribution in [3.8, 4) is 0 Å². The molecule has 0 fully saturated rings. The molecule has 24 heavy (non-hydrogen) atoms. The highest BCUT2D eigenvalue weighted by molar-refractivity contribution is 7.09. The summed E-state index contributed by atoms with van der Waals surface area (Å²) < 4.78 is 3.73. The molecule has 0 aromatic carbocycles. The molecule has 7 nitrogen and oxygen atoms in total. The first-order valence-electron chi connectivity index (χ1n) is 7.91. The van der Waals surface area contributed by atoms with Crippen LogP contribution in [0.15, 0.2) is 47.1 Å². The third-order valence-electron chi connectivity index (χ3n) is 4.20. The molecule has 124 valence electrons. The zero-order valence-electron chi connectivity index (χ0n) is 13.2. The van der Waals surface area contributed by atoms with Crippen molar-refractivity contribution in [1.82, 2.24) is 29.2 Å². The van der Waals surface area contributed by atoms with Gasteiger partial charge in [0, 0.05) is 55.2 Å². The van der Waals surface area contributed by atoms with E-state index in [-0.39, 0.29) is 11.5 Å². The fourth-order valence-corrected chi connectivity index (χ4v) is 3.81. The van der Waals surface area contributed by atoms with Gasteiger partial charge in [0.1, 0.15) is 10.8 Å². The van der Waals surface area contributed by atoms with Crippen LogP contribution in [-0.2, 0) is 26.2 Å². The van der Waals surface area contributed by atoms with E-state index in [4.69, 9.17) is 0 Å². The van der Waals surface area contributed by atoms with Gasteiger partial charge in [-0.15, -0.1) is 11.3 Å². The number of aromatic nitrogens is 5. The number of hydrogen-bond donors (Lipinski definition) is 0. The van der Waals surface area contributed by atoms with Gasteiger partial charge in [-0.05, 0) is 6.07 Å². The molecule has 0 spiro atoms. The molecule has 0 saturated carbocycles. The highest BCUT2D eigenvalue weighted by atomic mass is 32.1. The molecular formula is C16H18N6OS. The molecule has 0 bridgehead atoms. The van der Waals surface area contributed by atoms with Crippen molar-refractivity contribution in [1.29, 1.82) is 0 Å². The SMILES string of the molecule is O=c1cccnn1CC1CN(Cc2nccs2)Cc2nccn2C1. The number of thiazole rings is 1. The van der Waals surface area contributed by atoms with Crippen molar-refractivity contribution >= 4 is 11.3 Å². The Balaban J connectivity index is 1.57. The van der Waals surface area contributed by atoms with E-state index >= 15 is 0 Å². The highest BCUT2D eigenvalue weighted by Crippen LogP contribution is 2.19. The van der Waals surface area contributed by atoms with Gasteiger partial charge in [-0.1, -0.05) is 0 Å². The van der Waals surface area contributed by atoms with Crippen molar-refractivity contribution in [3.05, 3.63) is 63.5 Å². The van der Waals surface area contributed by atoms with Gasteiger partial charge in [-0.2, -0.15) is 5.10 Å². The first kappa shape index (κ1) is 15.2. The zero-order valence-corrected chi connectivity index (χ0v) is 14.0. The second-order valence-corrected chi connectivity index (χ2v) is 6.98. The van der Waals surface area contributed by atoms with E-state index < -0.39 is 0 Å². The van der Waals surface area contributed by atoms with Crippen LogP contribution in [0.3, 0.4) is 0 Å². The van der Waals surface area contributed by atoms with Crippen molar-refractivity contribution in [2.24, 2.45) is 5.92 Å². The standard InChI is InChI=1S/C16H18N6OS/c23-16-2-1-3-19-22(16)10-13-8-20(12-15-18-5-7-24-15)11-14-17-4-6-21(14)9-13/h1-7,13H,8-12H2. The number of fused-ring (bicyclic) bond motifs is 1. The van der Waals surface area contributed by atoms with Gasteiger partial charge in [0.15, 0.2) is 0 Å². The number of nitrogens with zero attached hydrogens (tertiary/aromatic N) is 6. The smallest absolute Gasteiger partial charge is 0.266 e. The minimum atomic E-state index is -0.0564. The monoisotopic (exact) mass is 342 g/mol. The summed E-state index contributed by atoms with van der Waals surface area (Å²) in [6.07, 6.45) is 7.35. The highest BCUT2D eigenvalue weighted by Gasteiger charge is 2.23. The van der Waals surface area contributed by atoms with Crippen LogP contribution < -0.4 is 5.56 Å². The molecule has 1 unspecified atom stereocenters. The van der Waals surface area contributed by atoms with Crippen molar-refractivity contribution < 1.29 is 0 Å². The van der Waals surface area contributed by atoms with Gasteiger partial charge in [0.25, 0.3) is 5.56 Å². The molecule has 4 heterocycles. The maximum absolute atomic E-state index is 12.0. The molecule has 0 saturated heterocycles. The van der Waals surface area contributed by atoms with E-state index in [2.05, 4.69) is 24.5 Å². The van der Waals surface area contributed by atoms with E-state index in [1.165, 1.54) is 0 Å². The van der Waals surface area contributed by atoms with Gasteiger partial charge >= 0.3 is 0 Å². The summed E-state index contributed by atoms with van der Waals surface area (Å²) >= 11 is 1.67. The summed E-state index contributed by atoms with van der Waals surface area (Å²) in [4.78, 5) is 23.2. The quantitative estimate of drug-likeness (QED) is 0.713. The Hall–Kier alpha value is -2.32. The molecule has 0 amide bonds. The first-order valence-corrected chi connectivity index (χ1v) is 8.79. The van der Waals surface area contributed by atoms with E-state index in [1.54, 1.807) is 34.3 Å². The topological polar surface area (TPSA) is 68.8 Å². The second-order valence-electron chi connectivity index (χ2n) is 6.00. The molecule has 0 N–H and O–H groups in total. The maximum Gasteiger partial charge on any atom is 0.266 e. The minimum Gasteiger partial charge on any atom is -0.333 e. The lowest BCUT2D eigenvalue weighted by Crippen LogP contribution is -2.33. The van der Waals surface area contributed by atoms with Gasteiger partial charge < -0.3 is 4.57 Å². The molecular weight excluding hydrogens is 324 g/mol. The maximum atomic E-state index is 12.0.